The summed E-state index contributed by atoms with van der Waals surface area (Å²) in [6.45, 7) is 13.0. The van der Waals surface area contributed by atoms with Crippen LogP contribution in [0.1, 0.15) is 28.7 Å². The summed E-state index contributed by atoms with van der Waals surface area (Å²) in [5, 5.41) is 4.61. The maximum absolute atomic E-state index is 12.9. The second-order valence-corrected chi connectivity index (χ2v) is 6.39. The van der Waals surface area contributed by atoms with Crippen molar-refractivity contribution in [3.8, 4) is 0 Å². The van der Waals surface area contributed by atoms with Crippen LogP contribution in [-0.4, -0.2) is 46.9 Å². The Bertz CT molecular complexity index is 684. The molecule has 1 fully saturated rings. The van der Waals surface area contributed by atoms with Crippen LogP contribution in [0.2, 0.25) is 0 Å². The third kappa shape index (κ3) is 2.77. The molecular weight excluding hydrogens is 310 g/mol. The number of aryl methyl sites for hydroxylation is 1. The maximum atomic E-state index is 12.9. The molecule has 3 rings (SSSR count). The van der Waals surface area contributed by atoms with Gasteiger partial charge in [-0.2, -0.15) is 5.10 Å². The zero-order chi connectivity index (χ0) is 16.4. The first-order valence-corrected chi connectivity index (χ1v) is 8.78. The molecule has 6 heteroatoms. The molecule has 122 valence electrons. The summed E-state index contributed by atoms with van der Waals surface area (Å²) >= 11 is 1.68. The van der Waals surface area contributed by atoms with Gasteiger partial charge >= 0.3 is 0 Å². The van der Waals surface area contributed by atoms with Crippen molar-refractivity contribution in [3.63, 3.8) is 0 Å². The largest absolute Gasteiger partial charge is 0.378 e. The van der Waals surface area contributed by atoms with Crippen LogP contribution in [0.4, 0.5) is 0 Å². The Kier molecular flexibility index (Phi) is 4.73. The molecule has 5 nitrogen and oxygen atoms in total. The number of carbonyl (C=O) groups is 1. The van der Waals surface area contributed by atoms with Gasteiger partial charge < -0.3 is 9.64 Å². The number of ether oxygens (including phenoxy) is 1. The molecule has 1 aromatic rings. The van der Waals surface area contributed by atoms with E-state index in [0.29, 0.717) is 38.5 Å². The number of thioether (sulfide) groups is 1. The minimum absolute atomic E-state index is 0.00261. The van der Waals surface area contributed by atoms with E-state index in [1.54, 1.807) is 11.8 Å². The lowest BCUT2D eigenvalue weighted by Crippen LogP contribution is -2.41. The summed E-state index contributed by atoms with van der Waals surface area (Å²) in [6.07, 6.45) is 3.68. The van der Waals surface area contributed by atoms with Gasteiger partial charge in [-0.15, -0.1) is 11.8 Å². The first-order chi connectivity index (χ1) is 11.2. The van der Waals surface area contributed by atoms with Crippen LogP contribution in [0, 0.1) is 0 Å². The zero-order valence-corrected chi connectivity index (χ0v) is 14.2. The van der Waals surface area contributed by atoms with Crippen molar-refractivity contribution < 1.29 is 9.53 Å². The van der Waals surface area contributed by atoms with Crippen LogP contribution in [-0.2, 0) is 17.0 Å². The molecule has 23 heavy (non-hydrogen) atoms. The number of hydrogen-bond acceptors (Lipinski definition) is 4. The van der Waals surface area contributed by atoms with Crippen molar-refractivity contribution in [1.82, 2.24) is 14.7 Å². The lowest BCUT2D eigenvalue weighted by atomic mass is 10.0. The summed E-state index contributed by atoms with van der Waals surface area (Å²) in [7, 11) is 0. The number of nitrogens with zero attached hydrogens (tertiary/aromatic N) is 3. The predicted octanol–water partition coefficient (Wildman–Crippen LogP) is 2.71. The number of morpholine rings is 1. The molecule has 0 aromatic carbocycles. The van der Waals surface area contributed by atoms with E-state index in [1.165, 1.54) is 0 Å². The maximum Gasteiger partial charge on any atom is 0.274 e. The lowest BCUT2D eigenvalue weighted by molar-refractivity contribution is 0.0298. The SMILES string of the molecule is C=CC1=C(C=C)c2c(c(C(=O)N3CCOCC3)nn2CC)CS1. The second kappa shape index (κ2) is 6.76. The molecule has 3 heterocycles. The molecule has 2 aliphatic heterocycles. The highest BCUT2D eigenvalue weighted by molar-refractivity contribution is 8.02. The molecule has 1 saturated heterocycles. The second-order valence-electron chi connectivity index (χ2n) is 5.37. The van der Waals surface area contributed by atoms with Gasteiger partial charge in [0.2, 0.25) is 0 Å². The summed E-state index contributed by atoms with van der Waals surface area (Å²) in [6, 6.07) is 0. The Morgan fingerprint density at radius 1 is 1.35 bits per heavy atom. The van der Waals surface area contributed by atoms with Gasteiger partial charge in [0.15, 0.2) is 5.69 Å². The van der Waals surface area contributed by atoms with Gasteiger partial charge in [-0.25, -0.2) is 0 Å². The highest BCUT2D eigenvalue weighted by atomic mass is 32.2. The van der Waals surface area contributed by atoms with Crippen LogP contribution < -0.4 is 0 Å². The number of fused-ring (bicyclic) bond motifs is 1. The van der Waals surface area contributed by atoms with Gasteiger partial charge in [0, 0.05) is 41.4 Å². The van der Waals surface area contributed by atoms with Gasteiger partial charge in [0.25, 0.3) is 5.91 Å². The Morgan fingerprint density at radius 2 is 2.09 bits per heavy atom. The third-order valence-corrected chi connectivity index (χ3v) is 5.26. The van der Waals surface area contributed by atoms with Crippen LogP contribution in [0.5, 0.6) is 0 Å². The summed E-state index contributed by atoms with van der Waals surface area (Å²) < 4.78 is 7.24. The average molecular weight is 331 g/mol. The van der Waals surface area contributed by atoms with Crippen LogP contribution >= 0.6 is 11.8 Å². The highest BCUT2D eigenvalue weighted by Gasteiger charge is 2.30. The van der Waals surface area contributed by atoms with E-state index in [-0.39, 0.29) is 5.91 Å². The zero-order valence-electron chi connectivity index (χ0n) is 13.4. The predicted molar refractivity (Wildman–Crippen MR) is 93.2 cm³/mol. The van der Waals surface area contributed by atoms with E-state index >= 15 is 0 Å². The van der Waals surface area contributed by atoms with Gasteiger partial charge in [-0.05, 0) is 6.92 Å². The van der Waals surface area contributed by atoms with Crippen molar-refractivity contribution in [2.24, 2.45) is 0 Å². The van der Waals surface area contributed by atoms with Gasteiger partial charge in [0.1, 0.15) is 0 Å². The van der Waals surface area contributed by atoms with Crippen molar-refractivity contribution in [2.45, 2.75) is 19.2 Å². The fourth-order valence-corrected chi connectivity index (χ4v) is 3.99. The van der Waals surface area contributed by atoms with Crippen LogP contribution in [0.3, 0.4) is 0 Å². The minimum Gasteiger partial charge on any atom is -0.378 e. The first kappa shape index (κ1) is 16.1. The smallest absolute Gasteiger partial charge is 0.274 e. The van der Waals surface area contributed by atoms with Gasteiger partial charge in [-0.1, -0.05) is 25.3 Å². The average Bonchev–Trinajstić information content (AvgIpc) is 2.99. The van der Waals surface area contributed by atoms with Crippen LogP contribution in [0.25, 0.3) is 5.57 Å². The summed E-state index contributed by atoms with van der Waals surface area (Å²) in [5.41, 5.74) is 3.60. The Hall–Kier alpha value is -1.79. The van der Waals surface area contributed by atoms with Crippen LogP contribution in [0.15, 0.2) is 30.2 Å². The molecule has 0 N–H and O–H groups in total. The summed E-state index contributed by atoms with van der Waals surface area (Å²) in [5.74, 6) is 0.738. The molecule has 1 aromatic heterocycles. The van der Waals surface area contributed by atoms with E-state index in [2.05, 4.69) is 18.3 Å². The number of allylic oxidation sites excluding steroid dienone is 3. The van der Waals surface area contributed by atoms with E-state index in [9.17, 15) is 4.79 Å². The molecule has 0 spiro atoms. The molecule has 0 saturated carbocycles. The van der Waals surface area contributed by atoms with Crippen molar-refractivity contribution in [3.05, 3.63) is 47.2 Å². The van der Waals surface area contributed by atoms with E-state index < -0.39 is 0 Å². The normalized spacial score (nSPS) is 17.9. The highest BCUT2D eigenvalue weighted by Crippen LogP contribution is 2.40. The number of carbonyl (C=O) groups excluding carboxylic acids is 1. The quantitative estimate of drug-likeness (QED) is 0.851. The first-order valence-electron chi connectivity index (χ1n) is 7.80. The van der Waals surface area contributed by atoms with Gasteiger partial charge in [-0.3, -0.25) is 9.48 Å². The number of rotatable bonds is 4. The Balaban J connectivity index is 2.06. The topological polar surface area (TPSA) is 47.4 Å². The molecule has 0 aliphatic carbocycles. The molecule has 0 atom stereocenters. The number of amides is 1. The van der Waals surface area contributed by atoms with Crippen molar-refractivity contribution in [2.75, 3.05) is 26.3 Å². The number of hydrogen-bond donors (Lipinski definition) is 0. The van der Waals surface area contributed by atoms with E-state index in [4.69, 9.17) is 4.74 Å². The molecule has 0 bridgehead atoms. The fourth-order valence-electron chi connectivity index (χ4n) is 2.96. The molecule has 0 radical (unpaired) electrons. The molecule has 2 aliphatic rings. The Labute approximate surface area is 140 Å². The van der Waals surface area contributed by atoms with Crippen molar-refractivity contribution >= 4 is 23.2 Å². The minimum atomic E-state index is 0.00261. The van der Waals surface area contributed by atoms with Crippen molar-refractivity contribution in [1.29, 1.82) is 0 Å². The molecule has 0 unspecified atom stereocenters. The third-order valence-electron chi connectivity index (χ3n) is 4.13. The molecule has 1 amide bonds. The fraction of sp³-hybridized carbons (Fsp3) is 0.412. The molecular formula is C17H21N3O2S. The van der Waals surface area contributed by atoms with E-state index in [0.717, 1.165) is 27.5 Å². The Morgan fingerprint density at radius 3 is 2.70 bits per heavy atom. The van der Waals surface area contributed by atoms with Gasteiger partial charge in [0.05, 0.1) is 18.9 Å². The lowest BCUT2D eigenvalue weighted by Gasteiger charge is -2.26. The monoisotopic (exact) mass is 331 g/mol. The summed E-state index contributed by atoms with van der Waals surface area (Å²) in [4.78, 5) is 15.8. The number of aromatic nitrogens is 2. The standard InChI is InChI=1S/C17H21N3O2S/c1-4-12-14(5-2)23-11-13-15(18-20(6-3)16(12)13)17(21)19-7-9-22-10-8-19/h4-5H,1-2,6-11H2,3H3. The van der Waals surface area contributed by atoms with E-state index in [1.807, 2.05) is 28.7 Å².